The van der Waals surface area contributed by atoms with Crippen molar-refractivity contribution in [3.05, 3.63) is 27.8 Å². The number of hydrogen-bond acceptors (Lipinski definition) is 2. The van der Waals surface area contributed by atoms with Gasteiger partial charge in [0.2, 0.25) is 0 Å². The zero-order valence-corrected chi connectivity index (χ0v) is 11.3. The van der Waals surface area contributed by atoms with Crippen molar-refractivity contribution in [2.75, 3.05) is 0 Å². The smallest absolute Gasteiger partial charge is 0.282 e. The zero-order chi connectivity index (χ0) is 8.48. The molecule has 0 aliphatic heterocycles. The van der Waals surface area contributed by atoms with E-state index in [4.69, 9.17) is 4.55 Å². The Morgan fingerprint density at radius 3 is 2.08 bits per heavy atom. The Kier molecular flexibility index (Phi) is 4.85. The van der Waals surface area contributed by atoms with Gasteiger partial charge in [-0.1, -0.05) is 12.1 Å². The van der Waals surface area contributed by atoms with Crippen LogP contribution < -0.4 is 0 Å². The summed E-state index contributed by atoms with van der Waals surface area (Å²) in [5.74, 6) is 0. The molecule has 1 aromatic rings. The fourth-order valence-corrected chi connectivity index (χ4v) is 2.44. The van der Waals surface area contributed by atoms with E-state index < -0.39 is 10.1 Å². The molecule has 12 heavy (non-hydrogen) atoms. The van der Waals surface area contributed by atoms with Crippen molar-refractivity contribution in [1.82, 2.24) is 0 Å². The van der Waals surface area contributed by atoms with Crippen LogP contribution in [0.1, 0.15) is 0 Å². The third-order valence-electron chi connectivity index (χ3n) is 1.11. The van der Waals surface area contributed by atoms with Crippen LogP contribution in [0.15, 0.2) is 29.2 Å². The Morgan fingerprint density at radius 2 is 1.75 bits per heavy atom. The van der Waals surface area contributed by atoms with E-state index in [1.54, 1.807) is 18.2 Å². The Balaban J connectivity index is 0.00000121. The van der Waals surface area contributed by atoms with Gasteiger partial charge in [-0.15, -0.1) is 0 Å². The molecule has 0 aliphatic rings. The zero-order valence-electron chi connectivity index (χ0n) is 5.94. The van der Waals surface area contributed by atoms with Crippen LogP contribution in [0, 0.1) is 3.57 Å². The second-order valence-electron chi connectivity index (χ2n) is 1.91. The quantitative estimate of drug-likeness (QED) is 0.468. The first-order valence-corrected chi connectivity index (χ1v) is 5.26. The van der Waals surface area contributed by atoms with Crippen LogP contribution in [-0.4, -0.2) is 32.8 Å². The molecule has 63 valence electrons. The van der Waals surface area contributed by atoms with Gasteiger partial charge in [0.25, 0.3) is 10.1 Å². The van der Waals surface area contributed by atoms with E-state index in [1.807, 2.05) is 22.6 Å². The Hall–Kier alpha value is 0.496. The fourth-order valence-electron chi connectivity index (χ4n) is 0.654. The van der Waals surface area contributed by atoms with Crippen LogP contribution in [0.3, 0.4) is 0 Å². The summed E-state index contributed by atoms with van der Waals surface area (Å²) in [6.07, 6.45) is 0. The van der Waals surface area contributed by atoms with Crippen LogP contribution in [0.25, 0.3) is 0 Å². The summed E-state index contributed by atoms with van der Waals surface area (Å²) in [6.45, 7) is 0. The van der Waals surface area contributed by atoms with E-state index >= 15 is 0 Å². The minimum atomic E-state index is -4.04. The van der Waals surface area contributed by atoms with Crippen LogP contribution >= 0.6 is 22.6 Å². The van der Waals surface area contributed by atoms with Gasteiger partial charge < -0.3 is 0 Å². The summed E-state index contributed by atoms with van der Waals surface area (Å²) < 4.78 is 30.4. The Labute approximate surface area is 97.5 Å². The minimum absolute atomic E-state index is 0. The molecule has 0 atom stereocenters. The number of benzene rings is 1. The first-order chi connectivity index (χ1) is 5.02. The molecule has 0 saturated carbocycles. The van der Waals surface area contributed by atoms with Gasteiger partial charge in [-0.3, -0.25) is 4.55 Å². The Bertz CT molecular complexity index is 363. The van der Waals surface area contributed by atoms with E-state index in [0.29, 0.717) is 3.57 Å². The molecule has 1 rings (SSSR count). The van der Waals surface area contributed by atoms with Crippen LogP contribution in [0.4, 0.5) is 0 Å². The molecule has 0 amide bonds. The third kappa shape index (κ3) is 3.09. The molecule has 0 fully saturated rings. The van der Waals surface area contributed by atoms with Crippen molar-refractivity contribution in [3.8, 4) is 0 Å². The molecule has 0 heterocycles. The van der Waals surface area contributed by atoms with Crippen molar-refractivity contribution in [3.63, 3.8) is 0 Å². The molecular formula is C6H5GaIO3S. The van der Waals surface area contributed by atoms with Gasteiger partial charge >= 0.3 is 0 Å². The molecule has 3 nitrogen and oxygen atoms in total. The van der Waals surface area contributed by atoms with E-state index in [2.05, 4.69) is 0 Å². The second-order valence-corrected chi connectivity index (χ2v) is 4.46. The van der Waals surface area contributed by atoms with E-state index in [0.717, 1.165) is 0 Å². The summed E-state index contributed by atoms with van der Waals surface area (Å²) in [4.78, 5) is -0.0411. The topological polar surface area (TPSA) is 54.4 Å². The van der Waals surface area contributed by atoms with Crippen LogP contribution in [-0.2, 0) is 10.1 Å². The third-order valence-corrected chi connectivity index (χ3v) is 3.33. The molecular weight excluding hydrogens is 349 g/mol. The van der Waals surface area contributed by atoms with E-state index in [9.17, 15) is 8.42 Å². The first-order valence-electron chi connectivity index (χ1n) is 2.74. The van der Waals surface area contributed by atoms with Crippen molar-refractivity contribution in [2.45, 2.75) is 4.90 Å². The molecule has 0 unspecified atom stereocenters. The van der Waals surface area contributed by atoms with Gasteiger partial charge in [0.1, 0.15) is 4.90 Å². The van der Waals surface area contributed by atoms with Crippen molar-refractivity contribution < 1.29 is 13.0 Å². The molecule has 0 aromatic heterocycles. The average molecular weight is 354 g/mol. The largest absolute Gasteiger partial charge is 0.295 e. The number of hydrogen-bond donors (Lipinski definition) is 1. The monoisotopic (exact) mass is 353 g/mol. The molecule has 1 aromatic carbocycles. The summed E-state index contributed by atoms with van der Waals surface area (Å²) in [6, 6.07) is 6.24. The SMILES string of the molecule is O=S(=O)(O)c1ccccc1I.[Ga]. The van der Waals surface area contributed by atoms with Gasteiger partial charge in [0.15, 0.2) is 0 Å². The minimum Gasteiger partial charge on any atom is -0.282 e. The molecule has 1 N–H and O–H groups in total. The first kappa shape index (κ1) is 12.5. The molecule has 6 heteroatoms. The van der Waals surface area contributed by atoms with Crippen LogP contribution in [0.5, 0.6) is 0 Å². The van der Waals surface area contributed by atoms with Gasteiger partial charge in [0.05, 0.1) is 0 Å². The summed E-state index contributed by atoms with van der Waals surface area (Å²) in [5, 5.41) is 0. The number of halogens is 1. The summed E-state index contributed by atoms with van der Waals surface area (Å²) >= 11 is 1.85. The second kappa shape index (κ2) is 4.65. The average Bonchev–Trinajstić information content (AvgIpc) is 1.86. The molecule has 3 radical (unpaired) electrons. The molecule has 0 bridgehead atoms. The standard InChI is InChI=1S/C6H5IO3S.Ga/c7-5-3-1-2-4-6(5)11(8,9)10;/h1-4H,(H,8,9,10);. The Morgan fingerprint density at radius 1 is 1.25 bits per heavy atom. The maximum absolute atomic E-state index is 10.6. The predicted octanol–water partition coefficient (Wildman–Crippen LogP) is 1.16. The normalized spacial score (nSPS) is 10.5. The van der Waals surface area contributed by atoms with Crippen molar-refractivity contribution in [2.24, 2.45) is 0 Å². The van der Waals surface area contributed by atoms with E-state index in [1.165, 1.54) is 6.07 Å². The van der Waals surface area contributed by atoms with Crippen molar-refractivity contribution in [1.29, 1.82) is 0 Å². The maximum atomic E-state index is 10.6. The number of rotatable bonds is 1. The molecule has 0 saturated heterocycles. The van der Waals surface area contributed by atoms with Crippen molar-refractivity contribution >= 4 is 52.5 Å². The fraction of sp³-hybridized carbons (Fsp3) is 0. The van der Waals surface area contributed by atoms with Crippen LogP contribution in [0.2, 0.25) is 0 Å². The van der Waals surface area contributed by atoms with Gasteiger partial charge in [-0.2, -0.15) is 8.42 Å². The van der Waals surface area contributed by atoms with E-state index in [-0.39, 0.29) is 24.7 Å². The van der Waals surface area contributed by atoms with Gasteiger partial charge in [-0.05, 0) is 34.7 Å². The summed E-state index contributed by atoms with van der Waals surface area (Å²) in [5.41, 5.74) is 0. The van der Waals surface area contributed by atoms with Gasteiger partial charge in [-0.25, -0.2) is 0 Å². The summed E-state index contributed by atoms with van der Waals surface area (Å²) in [7, 11) is -4.04. The molecule has 0 spiro atoms. The molecule has 0 aliphatic carbocycles. The van der Waals surface area contributed by atoms with Gasteiger partial charge in [0, 0.05) is 23.4 Å². The maximum Gasteiger partial charge on any atom is 0.295 e. The predicted molar refractivity (Wildman–Crippen MR) is 54.7 cm³/mol.